The van der Waals surface area contributed by atoms with Gasteiger partial charge in [0, 0.05) is 46.6 Å². The first-order valence-electron chi connectivity index (χ1n) is 7.64. The molecular formula is C17H26ClN3O2. The van der Waals surface area contributed by atoms with Crippen LogP contribution in [-0.4, -0.2) is 55.8 Å². The number of nitrogens with zero attached hydrogens (tertiary/aromatic N) is 2. The summed E-state index contributed by atoms with van der Waals surface area (Å²) in [6.45, 7) is 3.51. The number of hydrogen-bond acceptors (Lipinski definition) is 3. The van der Waals surface area contributed by atoms with Crippen LogP contribution in [-0.2, 0) is 16.1 Å². The van der Waals surface area contributed by atoms with Gasteiger partial charge in [-0.05, 0) is 18.2 Å². The smallest absolute Gasteiger partial charge is 0.227 e. The molecular weight excluding hydrogens is 314 g/mol. The molecule has 0 bridgehead atoms. The normalized spacial score (nSPS) is 20.1. The highest BCUT2D eigenvalue weighted by atomic mass is 35.5. The minimum atomic E-state index is -0.158. The number of hydrogen-bond donors (Lipinski definition) is 1. The summed E-state index contributed by atoms with van der Waals surface area (Å²) in [4.78, 5) is 27.5. The number of carbonyl (C=O) groups is 2. The van der Waals surface area contributed by atoms with Crippen molar-refractivity contribution in [1.29, 1.82) is 0 Å². The van der Waals surface area contributed by atoms with Crippen molar-refractivity contribution in [3.05, 3.63) is 35.4 Å². The molecule has 1 heterocycles. The fourth-order valence-electron chi connectivity index (χ4n) is 3.07. The Morgan fingerprint density at radius 3 is 2.30 bits per heavy atom. The second kappa shape index (κ2) is 8.31. The van der Waals surface area contributed by atoms with Crippen molar-refractivity contribution in [2.45, 2.75) is 19.4 Å². The molecule has 6 heteroatoms. The zero-order valence-corrected chi connectivity index (χ0v) is 15.0. The van der Waals surface area contributed by atoms with Gasteiger partial charge in [0.15, 0.2) is 0 Å². The third kappa shape index (κ3) is 4.45. The minimum absolute atomic E-state index is 0. The van der Waals surface area contributed by atoms with Crippen LogP contribution in [0.4, 0.5) is 0 Å². The Morgan fingerprint density at radius 1 is 1.22 bits per heavy atom. The molecule has 2 amide bonds. The molecule has 1 aromatic rings. The van der Waals surface area contributed by atoms with Crippen molar-refractivity contribution in [1.82, 2.24) is 15.1 Å². The number of nitrogens with one attached hydrogen (secondary N) is 1. The van der Waals surface area contributed by atoms with Gasteiger partial charge in [-0.1, -0.05) is 24.3 Å². The van der Waals surface area contributed by atoms with Gasteiger partial charge in [0.25, 0.3) is 0 Å². The summed E-state index contributed by atoms with van der Waals surface area (Å²) in [5.41, 5.74) is 2.34. The van der Waals surface area contributed by atoms with Crippen molar-refractivity contribution in [3.8, 4) is 0 Å². The molecule has 0 spiro atoms. The molecule has 5 nitrogen and oxygen atoms in total. The Hall–Kier alpha value is -1.59. The molecule has 1 aliphatic rings. The summed E-state index contributed by atoms with van der Waals surface area (Å²) in [5.74, 6) is 0.0374. The SMILES string of the molecule is CNCc1ccc(C2CN(C(C)=O)CC2C(=O)N(C)C)cc1.Cl. The monoisotopic (exact) mass is 339 g/mol. The Labute approximate surface area is 144 Å². The van der Waals surface area contributed by atoms with Crippen molar-refractivity contribution in [2.75, 3.05) is 34.2 Å². The Bertz CT molecular complexity index is 545. The second-order valence-corrected chi connectivity index (χ2v) is 6.14. The molecule has 2 unspecified atom stereocenters. The van der Waals surface area contributed by atoms with E-state index in [1.165, 1.54) is 5.56 Å². The highest BCUT2D eigenvalue weighted by molar-refractivity contribution is 5.85. The van der Waals surface area contributed by atoms with Crippen LogP contribution in [0, 0.1) is 5.92 Å². The van der Waals surface area contributed by atoms with Crippen molar-refractivity contribution < 1.29 is 9.59 Å². The number of carbonyl (C=O) groups excluding carboxylic acids is 2. The van der Waals surface area contributed by atoms with Crippen molar-refractivity contribution in [2.24, 2.45) is 5.92 Å². The molecule has 128 valence electrons. The van der Waals surface area contributed by atoms with Crippen LogP contribution in [0.25, 0.3) is 0 Å². The minimum Gasteiger partial charge on any atom is -0.349 e. The van der Waals surface area contributed by atoms with Crippen LogP contribution in [0.1, 0.15) is 24.0 Å². The molecule has 1 fully saturated rings. The maximum atomic E-state index is 12.4. The first-order chi connectivity index (χ1) is 10.4. The summed E-state index contributed by atoms with van der Waals surface area (Å²) in [6, 6.07) is 8.33. The van der Waals surface area contributed by atoms with Crippen LogP contribution in [0.2, 0.25) is 0 Å². The van der Waals surface area contributed by atoms with Crippen LogP contribution >= 0.6 is 12.4 Å². The molecule has 0 radical (unpaired) electrons. The van der Waals surface area contributed by atoms with E-state index in [9.17, 15) is 9.59 Å². The largest absolute Gasteiger partial charge is 0.349 e. The van der Waals surface area contributed by atoms with E-state index in [0.29, 0.717) is 13.1 Å². The van der Waals surface area contributed by atoms with Gasteiger partial charge in [-0.2, -0.15) is 0 Å². The topological polar surface area (TPSA) is 52.7 Å². The lowest BCUT2D eigenvalue weighted by Gasteiger charge is -2.21. The first-order valence-corrected chi connectivity index (χ1v) is 7.64. The Balaban J connectivity index is 0.00000264. The van der Waals surface area contributed by atoms with Gasteiger partial charge in [0.2, 0.25) is 11.8 Å². The number of likely N-dealkylation sites (tertiary alicyclic amines) is 1. The third-order valence-corrected chi connectivity index (χ3v) is 4.31. The lowest BCUT2D eigenvalue weighted by Crippen LogP contribution is -2.34. The quantitative estimate of drug-likeness (QED) is 0.904. The van der Waals surface area contributed by atoms with Gasteiger partial charge in [-0.25, -0.2) is 0 Å². The van der Waals surface area contributed by atoms with Crippen LogP contribution < -0.4 is 5.32 Å². The highest BCUT2D eigenvalue weighted by Gasteiger charge is 2.40. The lowest BCUT2D eigenvalue weighted by molar-refractivity contribution is -0.133. The molecule has 1 aromatic carbocycles. The fourth-order valence-corrected chi connectivity index (χ4v) is 3.07. The molecule has 23 heavy (non-hydrogen) atoms. The fraction of sp³-hybridized carbons (Fsp3) is 0.529. The van der Waals surface area contributed by atoms with E-state index in [-0.39, 0.29) is 36.1 Å². The lowest BCUT2D eigenvalue weighted by atomic mass is 9.87. The zero-order valence-electron chi connectivity index (χ0n) is 14.2. The summed E-state index contributed by atoms with van der Waals surface area (Å²) in [5, 5.41) is 3.12. The summed E-state index contributed by atoms with van der Waals surface area (Å²) < 4.78 is 0. The van der Waals surface area contributed by atoms with E-state index < -0.39 is 0 Å². The molecule has 1 N–H and O–H groups in total. The average Bonchev–Trinajstić information content (AvgIpc) is 2.92. The van der Waals surface area contributed by atoms with E-state index in [1.807, 2.05) is 7.05 Å². The maximum absolute atomic E-state index is 12.4. The van der Waals surface area contributed by atoms with Crippen LogP contribution in [0.15, 0.2) is 24.3 Å². The third-order valence-electron chi connectivity index (χ3n) is 4.31. The van der Waals surface area contributed by atoms with Crippen molar-refractivity contribution in [3.63, 3.8) is 0 Å². The number of halogens is 1. The van der Waals surface area contributed by atoms with Gasteiger partial charge in [0.1, 0.15) is 0 Å². The average molecular weight is 340 g/mol. The van der Waals surface area contributed by atoms with Gasteiger partial charge < -0.3 is 15.1 Å². The standard InChI is InChI=1S/C17H25N3O2.ClH/c1-12(21)20-10-15(16(11-20)17(22)19(3)4)14-7-5-13(6-8-14)9-18-2;/h5-8,15-16,18H,9-11H2,1-4H3;1H. The summed E-state index contributed by atoms with van der Waals surface area (Å²) in [7, 11) is 5.46. The molecule has 0 aromatic heterocycles. The van der Waals surface area contributed by atoms with E-state index in [4.69, 9.17) is 0 Å². The van der Waals surface area contributed by atoms with Crippen LogP contribution in [0.3, 0.4) is 0 Å². The summed E-state index contributed by atoms with van der Waals surface area (Å²) >= 11 is 0. The Kier molecular flexibility index (Phi) is 7.03. The van der Waals surface area contributed by atoms with Gasteiger partial charge in [-0.3, -0.25) is 9.59 Å². The molecule has 2 rings (SSSR count). The van der Waals surface area contributed by atoms with Crippen LogP contribution in [0.5, 0.6) is 0 Å². The maximum Gasteiger partial charge on any atom is 0.227 e. The molecule has 0 saturated carbocycles. The molecule has 2 atom stereocenters. The molecule has 0 aliphatic carbocycles. The first kappa shape index (κ1) is 19.5. The van der Waals surface area contributed by atoms with E-state index in [0.717, 1.165) is 12.1 Å². The van der Waals surface area contributed by atoms with E-state index in [1.54, 1.807) is 30.8 Å². The number of benzene rings is 1. The number of amides is 2. The highest BCUT2D eigenvalue weighted by Crippen LogP contribution is 2.34. The van der Waals surface area contributed by atoms with Gasteiger partial charge in [0.05, 0.1) is 5.92 Å². The van der Waals surface area contributed by atoms with E-state index >= 15 is 0 Å². The van der Waals surface area contributed by atoms with Crippen molar-refractivity contribution >= 4 is 24.2 Å². The Morgan fingerprint density at radius 2 is 1.83 bits per heavy atom. The van der Waals surface area contributed by atoms with Gasteiger partial charge in [-0.15, -0.1) is 12.4 Å². The predicted molar refractivity (Wildman–Crippen MR) is 93.6 cm³/mol. The zero-order chi connectivity index (χ0) is 16.3. The molecule has 1 aliphatic heterocycles. The van der Waals surface area contributed by atoms with Gasteiger partial charge >= 0.3 is 0 Å². The van der Waals surface area contributed by atoms with E-state index in [2.05, 4.69) is 29.6 Å². The summed E-state index contributed by atoms with van der Waals surface area (Å²) in [6.07, 6.45) is 0. The number of rotatable bonds is 4. The second-order valence-electron chi connectivity index (χ2n) is 6.14. The predicted octanol–water partition coefficient (Wildman–Crippen LogP) is 1.48. The molecule has 1 saturated heterocycles.